The van der Waals surface area contributed by atoms with E-state index in [-0.39, 0.29) is 12.0 Å². The Kier molecular flexibility index (Phi) is 6.46. The standard InChI is InChI=1S/C13H29NO/c1-7-13(6,10-15)9-14(12(4)5)8-11(2)3/h11-12,15H,7-10H2,1-6H3. The normalized spacial score (nSPS) is 16.4. The Morgan fingerprint density at radius 2 is 1.73 bits per heavy atom. The van der Waals surface area contributed by atoms with Crippen LogP contribution in [-0.4, -0.2) is 35.7 Å². The highest BCUT2D eigenvalue weighted by Crippen LogP contribution is 2.23. The minimum atomic E-state index is 0.0547. The molecular formula is C13H29NO. The van der Waals surface area contributed by atoms with Crippen LogP contribution in [0.3, 0.4) is 0 Å². The summed E-state index contributed by atoms with van der Waals surface area (Å²) >= 11 is 0. The third kappa shape index (κ3) is 5.53. The molecule has 0 amide bonds. The Bertz CT molecular complexity index is 162. The summed E-state index contributed by atoms with van der Waals surface area (Å²) in [6.45, 7) is 15.7. The zero-order valence-electron chi connectivity index (χ0n) is 11.4. The SMILES string of the molecule is CCC(C)(CO)CN(CC(C)C)C(C)C. The second-order valence-corrected chi connectivity index (χ2v) is 5.74. The van der Waals surface area contributed by atoms with E-state index in [1.165, 1.54) is 0 Å². The number of aliphatic hydroxyl groups is 1. The molecule has 0 bridgehead atoms. The van der Waals surface area contributed by atoms with Gasteiger partial charge in [0.2, 0.25) is 0 Å². The Morgan fingerprint density at radius 3 is 2.00 bits per heavy atom. The third-order valence-corrected chi connectivity index (χ3v) is 3.15. The molecule has 2 nitrogen and oxygen atoms in total. The molecule has 1 atom stereocenters. The maximum Gasteiger partial charge on any atom is 0.0496 e. The monoisotopic (exact) mass is 215 g/mol. The van der Waals surface area contributed by atoms with E-state index in [0.29, 0.717) is 12.0 Å². The summed E-state index contributed by atoms with van der Waals surface area (Å²) in [5.41, 5.74) is 0.0547. The second kappa shape index (κ2) is 6.49. The molecule has 0 heterocycles. The predicted molar refractivity (Wildman–Crippen MR) is 67.0 cm³/mol. The van der Waals surface area contributed by atoms with Crippen molar-refractivity contribution in [2.75, 3.05) is 19.7 Å². The molecule has 0 radical (unpaired) electrons. The van der Waals surface area contributed by atoms with Crippen molar-refractivity contribution in [2.45, 2.75) is 54.0 Å². The highest BCUT2D eigenvalue weighted by Gasteiger charge is 2.25. The van der Waals surface area contributed by atoms with E-state index < -0.39 is 0 Å². The van der Waals surface area contributed by atoms with Crippen LogP contribution in [0.25, 0.3) is 0 Å². The van der Waals surface area contributed by atoms with E-state index in [0.717, 1.165) is 19.5 Å². The zero-order valence-corrected chi connectivity index (χ0v) is 11.4. The van der Waals surface area contributed by atoms with E-state index in [9.17, 15) is 5.11 Å². The average Bonchev–Trinajstić information content (AvgIpc) is 2.16. The maximum absolute atomic E-state index is 9.42. The van der Waals surface area contributed by atoms with E-state index in [4.69, 9.17) is 0 Å². The summed E-state index contributed by atoms with van der Waals surface area (Å²) in [6, 6.07) is 0.560. The quantitative estimate of drug-likeness (QED) is 0.706. The van der Waals surface area contributed by atoms with E-state index in [1.54, 1.807) is 0 Å². The summed E-state index contributed by atoms with van der Waals surface area (Å²) in [5, 5.41) is 9.42. The van der Waals surface area contributed by atoms with Crippen LogP contribution in [0, 0.1) is 11.3 Å². The molecule has 2 heteroatoms. The van der Waals surface area contributed by atoms with Gasteiger partial charge >= 0.3 is 0 Å². The summed E-state index contributed by atoms with van der Waals surface area (Å²) < 4.78 is 0. The van der Waals surface area contributed by atoms with Crippen molar-refractivity contribution in [2.24, 2.45) is 11.3 Å². The number of hydrogen-bond acceptors (Lipinski definition) is 2. The Balaban J connectivity index is 4.38. The molecule has 0 aliphatic rings. The third-order valence-electron chi connectivity index (χ3n) is 3.15. The van der Waals surface area contributed by atoms with Gasteiger partial charge in [-0.05, 0) is 26.2 Å². The van der Waals surface area contributed by atoms with Crippen LogP contribution in [0.4, 0.5) is 0 Å². The molecule has 0 fully saturated rings. The van der Waals surface area contributed by atoms with Crippen molar-refractivity contribution < 1.29 is 5.11 Å². The first kappa shape index (κ1) is 14.9. The Morgan fingerprint density at radius 1 is 1.20 bits per heavy atom. The lowest BCUT2D eigenvalue weighted by atomic mass is 9.87. The molecular weight excluding hydrogens is 186 g/mol. The van der Waals surface area contributed by atoms with Crippen LogP contribution in [0.5, 0.6) is 0 Å². The zero-order chi connectivity index (χ0) is 12.1. The molecule has 0 aliphatic heterocycles. The van der Waals surface area contributed by atoms with Crippen molar-refractivity contribution in [1.82, 2.24) is 4.90 Å². The van der Waals surface area contributed by atoms with E-state index in [1.807, 2.05) is 0 Å². The average molecular weight is 215 g/mol. The summed E-state index contributed by atoms with van der Waals surface area (Å²) in [7, 11) is 0. The smallest absolute Gasteiger partial charge is 0.0496 e. The van der Waals surface area contributed by atoms with Crippen molar-refractivity contribution >= 4 is 0 Å². The lowest BCUT2D eigenvalue weighted by molar-refractivity contribution is 0.0640. The van der Waals surface area contributed by atoms with Crippen LogP contribution >= 0.6 is 0 Å². The lowest BCUT2D eigenvalue weighted by Gasteiger charge is -2.36. The molecule has 0 aromatic carbocycles. The first-order valence-corrected chi connectivity index (χ1v) is 6.19. The van der Waals surface area contributed by atoms with Crippen molar-refractivity contribution in [3.05, 3.63) is 0 Å². The molecule has 0 aliphatic carbocycles. The van der Waals surface area contributed by atoms with Crippen LogP contribution in [-0.2, 0) is 0 Å². The van der Waals surface area contributed by atoms with Gasteiger partial charge in [-0.15, -0.1) is 0 Å². The highest BCUT2D eigenvalue weighted by molar-refractivity contribution is 4.78. The molecule has 92 valence electrons. The number of rotatable bonds is 7. The molecule has 1 N–H and O–H groups in total. The fourth-order valence-electron chi connectivity index (χ4n) is 1.69. The minimum Gasteiger partial charge on any atom is -0.396 e. The van der Waals surface area contributed by atoms with Crippen molar-refractivity contribution in [1.29, 1.82) is 0 Å². The number of aliphatic hydroxyl groups excluding tert-OH is 1. The first-order chi connectivity index (χ1) is 6.84. The van der Waals surface area contributed by atoms with Gasteiger partial charge in [-0.2, -0.15) is 0 Å². The number of nitrogens with zero attached hydrogens (tertiary/aromatic N) is 1. The molecule has 0 saturated heterocycles. The topological polar surface area (TPSA) is 23.5 Å². The van der Waals surface area contributed by atoms with Crippen molar-refractivity contribution in [3.63, 3.8) is 0 Å². The van der Waals surface area contributed by atoms with Gasteiger partial charge in [0.1, 0.15) is 0 Å². The van der Waals surface area contributed by atoms with Gasteiger partial charge in [-0.1, -0.05) is 27.7 Å². The number of hydrogen-bond donors (Lipinski definition) is 1. The predicted octanol–water partition coefficient (Wildman–Crippen LogP) is 2.76. The molecule has 15 heavy (non-hydrogen) atoms. The molecule has 1 unspecified atom stereocenters. The summed E-state index contributed by atoms with van der Waals surface area (Å²) in [6.07, 6.45) is 1.03. The van der Waals surface area contributed by atoms with E-state index in [2.05, 4.69) is 46.4 Å². The molecule has 0 aromatic rings. The van der Waals surface area contributed by atoms with Crippen LogP contribution in [0.15, 0.2) is 0 Å². The molecule has 0 saturated carbocycles. The fourth-order valence-corrected chi connectivity index (χ4v) is 1.69. The van der Waals surface area contributed by atoms with Gasteiger partial charge in [0.25, 0.3) is 0 Å². The van der Waals surface area contributed by atoms with Gasteiger partial charge in [0.15, 0.2) is 0 Å². The van der Waals surface area contributed by atoms with Gasteiger partial charge in [-0.25, -0.2) is 0 Å². The molecule has 0 rings (SSSR count). The van der Waals surface area contributed by atoms with Gasteiger partial charge in [-0.3, -0.25) is 0 Å². The van der Waals surface area contributed by atoms with Gasteiger partial charge in [0, 0.05) is 31.2 Å². The molecule has 0 spiro atoms. The Labute approximate surface area is 95.7 Å². The maximum atomic E-state index is 9.42. The lowest BCUT2D eigenvalue weighted by Crippen LogP contribution is -2.43. The van der Waals surface area contributed by atoms with Crippen LogP contribution in [0.1, 0.15) is 48.0 Å². The van der Waals surface area contributed by atoms with Gasteiger partial charge in [0.05, 0.1) is 0 Å². The summed E-state index contributed by atoms with van der Waals surface area (Å²) in [4.78, 5) is 2.48. The molecule has 0 aromatic heterocycles. The Hall–Kier alpha value is -0.0800. The largest absolute Gasteiger partial charge is 0.396 e. The minimum absolute atomic E-state index is 0.0547. The fraction of sp³-hybridized carbons (Fsp3) is 1.00. The highest BCUT2D eigenvalue weighted by atomic mass is 16.3. The first-order valence-electron chi connectivity index (χ1n) is 6.19. The van der Waals surface area contributed by atoms with Crippen LogP contribution < -0.4 is 0 Å². The second-order valence-electron chi connectivity index (χ2n) is 5.74. The van der Waals surface area contributed by atoms with Gasteiger partial charge < -0.3 is 10.0 Å². The van der Waals surface area contributed by atoms with Crippen LogP contribution in [0.2, 0.25) is 0 Å². The van der Waals surface area contributed by atoms with E-state index >= 15 is 0 Å². The van der Waals surface area contributed by atoms with Crippen molar-refractivity contribution in [3.8, 4) is 0 Å². The summed E-state index contributed by atoms with van der Waals surface area (Å²) in [5.74, 6) is 0.687.